The Morgan fingerprint density at radius 2 is 0.824 bits per heavy atom. The third-order valence-corrected chi connectivity index (χ3v) is 10.5. The van der Waals surface area contributed by atoms with Crippen molar-refractivity contribution in [2.75, 3.05) is 0 Å². The highest BCUT2D eigenvalue weighted by molar-refractivity contribution is 7.19. The number of thiophene rings is 2. The molecule has 2 nitrogen and oxygen atoms in total. The van der Waals surface area contributed by atoms with Crippen molar-refractivity contribution in [2.24, 2.45) is 0 Å². The third-order valence-electron chi connectivity index (χ3n) is 7.71. The van der Waals surface area contributed by atoms with Crippen LogP contribution in [0, 0.1) is 35.3 Å². The Hall–Kier alpha value is -4.70. The van der Waals surface area contributed by atoms with Gasteiger partial charge in [-0.25, -0.2) is 8.78 Å². The summed E-state index contributed by atoms with van der Waals surface area (Å²) in [4.78, 5) is 1.87. The lowest BCUT2D eigenvalue weighted by atomic mass is 10.00. The monoisotopic (exact) mass is 764 g/mol. The number of benzene rings is 3. The van der Waals surface area contributed by atoms with E-state index in [-0.39, 0.29) is 11.1 Å². The quantitative estimate of drug-likeness (QED) is 0.114. The topological polar surface area (TPSA) is 25.8 Å². The minimum Gasteiger partial charge on any atom is -0.206 e. The summed E-state index contributed by atoms with van der Waals surface area (Å²) in [6.45, 7) is 1.98. The maximum Gasteiger partial charge on any atom is 0.374 e. The van der Waals surface area contributed by atoms with Gasteiger partial charge in [-0.2, -0.15) is 43.9 Å². The van der Waals surface area contributed by atoms with Gasteiger partial charge < -0.3 is 0 Å². The van der Waals surface area contributed by atoms with E-state index in [1.807, 2.05) is 0 Å². The van der Waals surface area contributed by atoms with Gasteiger partial charge in [0.1, 0.15) is 22.7 Å². The van der Waals surface area contributed by atoms with Crippen molar-refractivity contribution in [1.29, 1.82) is 0 Å². The minimum atomic E-state index is -4.73. The van der Waals surface area contributed by atoms with E-state index >= 15 is 8.78 Å². The van der Waals surface area contributed by atoms with Gasteiger partial charge in [0.2, 0.25) is 0 Å². The molecule has 0 saturated carbocycles. The van der Waals surface area contributed by atoms with Crippen molar-refractivity contribution >= 4 is 45.4 Å². The highest BCUT2D eigenvalue weighted by Gasteiger charge is 2.57. The number of rotatable bonds is 8. The van der Waals surface area contributed by atoms with Crippen molar-refractivity contribution in [1.82, 2.24) is 8.75 Å². The molecule has 0 amide bonds. The Bertz CT molecular complexity index is 2250. The molecule has 0 aliphatic heterocycles. The molecule has 0 spiro atoms. The van der Waals surface area contributed by atoms with Gasteiger partial charge in [-0.1, -0.05) is 36.4 Å². The summed E-state index contributed by atoms with van der Waals surface area (Å²) < 4.78 is 153. The first-order chi connectivity index (χ1) is 24.0. The standard InChI is InChI=1S/C36H18F10N2S3/c1-3-15-33(39,40)35(43,44)19-5-7-21(25(37)17-19)27-11-13-29(49-27)23-9-10-24(32-31(23)47-51-48-32)30-14-12-28(50-30)22-8-6-20(18-26(22)38)36(45,46)34(41,42)16-4-2/h5-14,17-18H,1-2H3. The molecular formula is C36H18F10N2S3. The molecule has 3 heterocycles. The first kappa shape index (κ1) is 36.1. The lowest BCUT2D eigenvalue weighted by Crippen LogP contribution is -2.36. The van der Waals surface area contributed by atoms with Gasteiger partial charge in [0.25, 0.3) is 0 Å². The summed E-state index contributed by atoms with van der Waals surface area (Å²) in [5.74, 6) is -15.3. The van der Waals surface area contributed by atoms with Gasteiger partial charge in [-0.3, -0.25) is 0 Å². The van der Waals surface area contributed by atoms with Crippen LogP contribution >= 0.6 is 34.4 Å². The highest BCUT2D eigenvalue weighted by Crippen LogP contribution is 2.47. The molecule has 0 saturated heterocycles. The second-order valence-electron chi connectivity index (χ2n) is 10.9. The number of aromatic nitrogens is 2. The van der Waals surface area contributed by atoms with Crippen molar-refractivity contribution in [3.63, 3.8) is 0 Å². The lowest BCUT2D eigenvalue weighted by Gasteiger charge is -2.22. The number of halogens is 10. The Morgan fingerprint density at radius 3 is 1.16 bits per heavy atom. The fraction of sp³-hybridized carbons (Fsp3) is 0.167. The second kappa shape index (κ2) is 13.1. The van der Waals surface area contributed by atoms with E-state index in [9.17, 15) is 35.1 Å². The lowest BCUT2D eigenvalue weighted by molar-refractivity contribution is -0.180. The molecule has 0 aliphatic carbocycles. The van der Waals surface area contributed by atoms with Gasteiger partial charge in [0.15, 0.2) is 0 Å². The van der Waals surface area contributed by atoms with E-state index in [0.717, 1.165) is 72.5 Å². The normalized spacial score (nSPS) is 12.4. The fourth-order valence-electron chi connectivity index (χ4n) is 5.17. The Balaban J connectivity index is 1.29. The Morgan fingerprint density at radius 1 is 0.490 bits per heavy atom. The summed E-state index contributed by atoms with van der Waals surface area (Å²) in [7, 11) is 0. The number of hydrogen-bond donors (Lipinski definition) is 0. The molecular weight excluding hydrogens is 747 g/mol. The maximum absolute atomic E-state index is 15.1. The number of alkyl halides is 8. The van der Waals surface area contributed by atoms with E-state index in [4.69, 9.17) is 0 Å². The van der Waals surface area contributed by atoms with Gasteiger partial charge in [-0.15, -0.1) is 34.5 Å². The fourth-order valence-corrected chi connectivity index (χ4v) is 7.87. The summed E-state index contributed by atoms with van der Waals surface area (Å²) in [5, 5.41) is 0. The molecule has 3 aromatic carbocycles. The van der Waals surface area contributed by atoms with E-state index in [1.165, 1.54) is 11.8 Å². The van der Waals surface area contributed by atoms with Crippen LogP contribution in [0.2, 0.25) is 0 Å². The first-order valence-corrected chi connectivity index (χ1v) is 16.8. The van der Waals surface area contributed by atoms with E-state index in [1.54, 1.807) is 48.2 Å². The molecule has 0 fully saturated rings. The predicted molar refractivity (Wildman–Crippen MR) is 179 cm³/mol. The van der Waals surface area contributed by atoms with Crippen molar-refractivity contribution in [3.8, 4) is 65.4 Å². The molecule has 0 bridgehead atoms. The van der Waals surface area contributed by atoms with E-state index in [2.05, 4.69) is 8.75 Å². The summed E-state index contributed by atoms with van der Waals surface area (Å²) in [5.41, 5.74) is -0.488. The van der Waals surface area contributed by atoms with E-state index in [0.29, 0.717) is 53.8 Å². The van der Waals surface area contributed by atoms with Crippen LogP contribution in [0.15, 0.2) is 72.8 Å². The zero-order valence-corrected chi connectivity index (χ0v) is 28.3. The first-order valence-electron chi connectivity index (χ1n) is 14.5. The average Bonchev–Trinajstić information content (AvgIpc) is 3.86. The molecule has 15 heteroatoms. The van der Waals surface area contributed by atoms with Crippen LogP contribution in [0.25, 0.3) is 52.8 Å². The molecule has 0 N–H and O–H groups in total. The minimum absolute atomic E-state index is 0.0848. The summed E-state index contributed by atoms with van der Waals surface area (Å²) in [6.07, 6.45) is 0. The zero-order valence-electron chi connectivity index (χ0n) is 25.8. The molecule has 0 aliphatic rings. The Kier molecular flexibility index (Phi) is 9.29. The van der Waals surface area contributed by atoms with Crippen LogP contribution in [0.4, 0.5) is 43.9 Å². The third kappa shape index (κ3) is 6.28. The smallest absolute Gasteiger partial charge is 0.206 e. The number of hydrogen-bond acceptors (Lipinski definition) is 5. The largest absolute Gasteiger partial charge is 0.374 e. The second-order valence-corrected chi connectivity index (χ2v) is 13.6. The van der Waals surface area contributed by atoms with Crippen molar-refractivity contribution in [3.05, 3.63) is 95.6 Å². The van der Waals surface area contributed by atoms with Crippen LogP contribution in [0.3, 0.4) is 0 Å². The van der Waals surface area contributed by atoms with Gasteiger partial charge in [0.05, 0.1) is 11.7 Å². The zero-order chi connectivity index (χ0) is 36.9. The van der Waals surface area contributed by atoms with Crippen LogP contribution in [-0.2, 0) is 11.8 Å². The highest BCUT2D eigenvalue weighted by atomic mass is 32.1. The molecule has 0 atom stereocenters. The average molecular weight is 765 g/mol. The molecule has 6 aromatic rings. The van der Waals surface area contributed by atoms with Crippen molar-refractivity contribution in [2.45, 2.75) is 37.5 Å². The van der Waals surface area contributed by atoms with Crippen molar-refractivity contribution < 1.29 is 43.9 Å². The van der Waals surface area contributed by atoms with Gasteiger partial charge in [-0.05, 0) is 62.1 Å². The molecule has 0 unspecified atom stereocenters. The molecule has 0 radical (unpaired) electrons. The van der Waals surface area contributed by atoms with Crippen LogP contribution < -0.4 is 0 Å². The molecule has 6 rings (SSSR count). The van der Waals surface area contributed by atoms with Gasteiger partial charge >= 0.3 is 23.7 Å². The SMILES string of the molecule is CC#CC(F)(F)C(F)(F)c1ccc(-c2ccc(-c3ccc(-c4ccc(-c5ccc(C(F)(F)C(F)(F)C#CC)cc5F)s4)c4nsnc34)s2)c(F)c1. The maximum atomic E-state index is 15.1. The summed E-state index contributed by atoms with van der Waals surface area (Å²) >= 11 is 3.11. The summed E-state index contributed by atoms with van der Waals surface area (Å²) in [6, 6.07) is 14.0. The number of nitrogens with zero attached hydrogens (tertiary/aromatic N) is 2. The molecule has 51 heavy (non-hydrogen) atoms. The number of fused-ring (bicyclic) bond motifs is 1. The van der Waals surface area contributed by atoms with Gasteiger partial charge in [0, 0.05) is 52.9 Å². The van der Waals surface area contributed by atoms with Crippen LogP contribution in [0.1, 0.15) is 25.0 Å². The van der Waals surface area contributed by atoms with Crippen LogP contribution in [-0.4, -0.2) is 20.6 Å². The predicted octanol–water partition coefficient (Wildman–Crippen LogP) is 12.3. The van der Waals surface area contributed by atoms with E-state index < -0.39 is 46.5 Å². The molecule has 3 aromatic heterocycles. The molecule has 260 valence electrons. The Labute approximate surface area is 295 Å². The van der Waals surface area contributed by atoms with Crippen LogP contribution in [0.5, 0.6) is 0 Å².